The van der Waals surface area contributed by atoms with Crippen LogP contribution in [0, 0.1) is 5.92 Å². The third-order valence-corrected chi connectivity index (χ3v) is 2.68. The molecule has 0 amide bonds. The first-order chi connectivity index (χ1) is 5.93. The van der Waals surface area contributed by atoms with Crippen LogP contribution in [-0.2, 0) is 4.74 Å². The zero-order valence-electron chi connectivity index (χ0n) is 9.98. The fourth-order valence-electron chi connectivity index (χ4n) is 1.03. The van der Waals surface area contributed by atoms with Crippen molar-refractivity contribution in [1.82, 2.24) is 5.32 Å². The highest BCUT2D eigenvalue weighted by Crippen LogP contribution is 2.15. The number of likely N-dealkylation sites (N-methyl/N-ethyl adjacent to an activating group) is 1. The van der Waals surface area contributed by atoms with Gasteiger partial charge in [0.05, 0.1) is 12.2 Å². The smallest absolute Gasteiger partial charge is 0.0629 e. The Balaban J connectivity index is 3.85. The van der Waals surface area contributed by atoms with Crippen LogP contribution in [0.15, 0.2) is 0 Å². The van der Waals surface area contributed by atoms with E-state index in [2.05, 4.69) is 39.9 Å². The van der Waals surface area contributed by atoms with E-state index in [0.29, 0.717) is 12.0 Å². The van der Waals surface area contributed by atoms with E-state index in [-0.39, 0.29) is 5.60 Å². The van der Waals surface area contributed by atoms with E-state index < -0.39 is 0 Å². The largest absolute Gasteiger partial charge is 0.374 e. The summed E-state index contributed by atoms with van der Waals surface area (Å²) in [5.41, 5.74) is 0.0178. The predicted octanol–water partition coefficient (Wildman–Crippen LogP) is 2.44. The summed E-state index contributed by atoms with van der Waals surface area (Å²) in [6.45, 7) is 11.7. The minimum atomic E-state index is 0.0178. The Morgan fingerprint density at radius 1 is 1.31 bits per heavy atom. The molecule has 0 aliphatic rings. The van der Waals surface area contributed by atoms with E-state index in [1.165, 1.54) is 0 Å². The lowest BCUT2D eigenvalue weighted by molar-refractivity contribution is -0.0345. The van der Waals surface area contributed by atoms with Crippen LogP contribution in [-0.4, -0.2) is 25.3 Å². The molecule has 0 aromatic carbocycles. The molecule has 0 fully saturated rings. The van der Waals surface area contributed by atoms with Crippen LogP contribution in [0.25, 0.3) is 0 Å². The molecule has 0 radical (unpaired) electrons. The minimum Gasteiger partial charge on any atom is -0.374 e. The molecule has 0 heterocycles. The summed E-state index contributed by atoms with van der Waals surface area (Å²) < 4.78 is 5.83. The molecule has 0 rings (SSSR count). The van der Waals surface area contributed by atoms with Gasteiger partial charge in [-0.25, -0.2) is 0 Å². The SMILES string of the molecule is CCC(C)(C)OCC(NC)C(C)C. The molecule has 0 saturated heterocycles. The highest BCUT2D eigenvalue weighted by Gasteiger charge is 2.19. The molecule has 0 bridgehead atoms. The summed E-state index contributed by atoms with van der Waals surface area (Å²) in [7, 11) is 1.99. The first-order valence-electron chi connectivity index (χ1n) is 5.24. The van der Waals surface area contributed by atoms with Crippen LogP contribution in [0.3, 0.4) is 0 Å². The fraction of sp³-hybridized carbons (Fsp3) is 1.00. The monoisotopic (exact) mass is 187 g/mol. The summed E-state index contributed by atoms with van der Waals surface area (Å²) in [5.74, 6) is 0.623. The van der Waals surface area contributed by atoms with Crippen LogP contribution in [0.2, 0.25) is 0 Å². The standard InChI is InChI=1S/C11H25NO/c1-7-11(4,5)13-8-10(12-6)9(2)3/h9-10,12H,7-8H2,1-6H3. The van der Waals surface area contributed by atoms with Crippen molar-refractivity contribution < 1.29 is 4.74 Å². The van der Waals surface area contributed by atoms with Crippen molar-refractivity contribution in [2.24, 2.45) is 5.92 Å². The van der Waals surface area contributed by atoms with Gasteiger partial charge in [0.25, 0.3) is 0 Å². The average molecular weight is 187 g/mol. The zero-order valence-corrected chi connectivity index (χ0v) is 9.98. The molecule has 0 saturated carbocycles. The van der Waals surface area contributed by atoms with Crippen LogP contribution in [0.5, 0.6) is 0 Å². The van der Waals surface area contributed by atoms with Crippen molar-refractivity contribution in [1.29, 1.82) is 0 Å². The molecule has 1 unspecified atom stereocenters. The zero-order chi connectivity index (χ0) is 10.5. The Bertz CT molecular complexity index is 132. The Hall–Kier alpha value is -0.0800. The lowest BCUT2D eigenvalue weighted by Crippen LogP contribution is -2.38. The van der Waals surface area contributed by atoms with E-state index in [4.69, 9.17) is 4.74 Å². The maximum absolute atomic E-state index is 5.83. The highest BCUT2D eigenvalue weighted by molar-refractivity contribution is 4.71. The molecule has 0 aliphatic carbocycles. The minimum absolute atomic E-state index is 0.0178. The van der Waals surface area contributed by atoms with Crippen LogP contribution in [0.4, 0.5) is 0 Å². The van der Waals surface area contributed by atoms with Gasteiger partial charge in [0, 0.05) is 6.04 Å². The molecule has 1 atom stereocenters. The van der Waals surface area contributed by atoms with E-state index in [1.54, 1.807) is 0 Å². The molecular weight excluding hydrogens is 162 g/mol. The second-order valence-electron chi connectivity index (χ2n) is 4.56. The summed E-state index contributed by atoms with van der Waals surface area (Å²) in [5, 5.41) is 3.27. The van der Waals surface area contributed by atoms with Gasteiger partial charge in [0.2, 0.25) is 0 Å². The van der Waals surface area contributed by atoms with E-state index in [0.717, 1.165) is 13.0 Å². The Morgan fingerprint density at radius 3 is 2.15 bits per heavy atom. The number of nitrogens with one attached hydrogen (secondary N) is 1. The molecule has 0 aliphatic heterocycles. The van der Waals surface area contributed by atoms with Crippen LogP contribution >= 0.6 is 0 Å². The lowest BCUT2D eigenvalue weighted by Gasteiger charge is -2.28. The fourth-order valence-corrected chi connectivity index (χ4v) is 1.03. The first-order valence-corrected chi connectivity index (χ1v) is 5.24. The molecule has 0 spiro atoms. The van der Waals surface area contributed by atoms with Gasteiger partial charge in [0.15, 0.2) is 0 Å². The predicted molar refractivity (Wildman–Crippen MR) is 58.0 cm³/mol. The normalized spacial score (nSPS) is 15.0. The van der Waals surface area contributed by atoms with Crippen molar-refractivity contribution >= 4 is 0 Å². The maximum atomic E-state index is 5.83. The van der Waals surface area contributed by atoms with Crippen molar-refractivity contribution in [2.75, 3.05) is 13.7 Å². The Morgan fingerprint density at radius 2 is 1.85 bits per heavy atom. The third kappa shape index (κ3) is 5.27. The Labute approximate surface area is 83.1 Å². The molecule has 2 nitrogen and oxygen atoms in total. The number of ether oxygens (including phenoxy) is 1. The van der Waals surface area contributed by atoms with Gasteiger partial charge in [-0.2, -0.15) is 0 Å². The van der Waals surface area contributed by atoms with Crippen LogP contribution in [0.1, 0.15) is 41.0 Å². The summed E-state index contributed by atoms with van der Waals surface area (Å²) in [6, 6.07) is 0.464. The molecule has 80 valence electrons. The van der Waals surface area contributed by atoms with Gasteiger partial charge in [-0.05, 0) is 33.2 Å². The van der Waals surface area contributed by atoms with Gasteiger partial charge in [-0.3, -0.25) is 0 Å². The maximum Gasteiger partial charge on any atom is 0.0629 e. The summed E-state index contributed by atoms with van der Waals surface area (Å²) >= 11 is 0. The quantitative estimate of drug-likeness (QED) is 0.689. The first kappa shape index (κ1) is 12.9. The van der Waals surface area contributed by atoms with E-state index >= 15 is 0 Å². The van der Waals surface area contributed by atoms with E-state index in [1.807, 2.05) is 7.05 Å². The van der Waals surface area contributed by atoms with Crippen molar-refractivity contribution in [3.63, 3.8) is 0 Å². The molecule has 0 aromatic rings. The van der Waals surface area contributed by atoms with Crippen molar-refractivity contribution in [3.8, 4) is 0 Å². The van der Waals surface area contributed by atoms with Gasteiger partial charge >= 0.3 is 0 Å². The summed E-state index contributed by atoms with van der Waals surface area (Å²) in [4.78, 5) is 0. The van der Waals surface area contributed by atoms with Gasteiger partial charge in [-0.15, -0.1) is 0 Å². The third-order valence-electron chi connectivity index (χ3n) is 2.68. The van der Waals surface area contributed by atoms with Crippen LogP contribution < -0.4 is 5.32 Å². The molecule has 1 N–H and O–H groups in total. The second-order valence-corrected chi connectivity index (χ2v) is 4.56. The lowest BCUT2D eigenvalue weighted by atomic mass is 10.0. The number of hydrogen-bond acceptors (Lipinski definition) is 2. The van der Waals surface area contributed by atoms with Crippen molar-refractivity contribution in [2.45, 2.75) is 52.7 Å². The molecule has 2 heteroatoms. The van der Waals surface area contributed by atoms with Gasteiger partial charge in [0.1, 0.15) is 0 Å². The molecule has 13 heavy (non-hydrogen) atoms. The highest BCUT2D eigenvalue weighted by atomic mass is 16.5. The van der Waals surface area contributed by atoms with Gasteiger partial charge in [-0.1, -0.05) is 20.8 Å². The van der Waals surface area contributed by atoms with Crippen molar-refractivity contribution in [3.05, 3.63) is 0 Å². The average Bonchev–Trinajstić information content (AvgIpc) is 2.05. The topological polar surface area (TPSA) is 21.3 Å². The second kappa shape index (κ2) is 5.61. The van der Waals surface area contributed by atoms with E-state index in [9.17, 15) is 0 Å². The molecule has 0 aromatic heterocycles. The number of hydrogen-bond donors (Lipinski definition) is 1. The van der Waals surface area contributed by atoms with Gasteiger partial charge < -0.3 is 10.1 Å². The Kier molecular flexibility index (Phi) is 5.57. The molecular formula is C11H25NO. The summed E-state index contributed by atoms with van der Waals surface area (Å²) in [6.07, 6.45) is 1.06. The number of rotatable bonds is 6.